The number of hydrogen-bond donors (Lipinski definition) is 1. The lowest BCUT2D eigenvalue weighted by atomic mass is 10.1. The molecule has 2 aromatic carbocycles. The number of carbonyl (C=O) groups is 1. The van der Waals surface area contributed by atoms with Crippen LogP contribution < -0.4 is 10.1 Å². The maximum atomic E-state index is 12.0. The van der Waals surface area contributed by atoms with Crippen molar-refractivity contribution in [1.82, 2.24) is 5.32 Å². The summed E-state index contributed by atoms with van der Waals surface area (Å²) >= 11 is 0. The van der Waals surface area contributed by atoms with Crippen LogP contribution in [0.15, 0.2) is 47.4 Å². The van der Waals surface area contributed by atoms with Crippen molar-refractivity contribution >= 4 is 15.7 Å². The van der Waals surface area contributed by atoms with Crippen molar-refractivity contribution < 1.29 is 17.9 Å². The van der Waals surface area contributed by atoms with Crippen LogP contribution in [0.4, 0.5) is 0 Å². The van der Waals surface area contributed by atoms with Gasteiger partial charge in [0.1, 0.15) is 5.75 Å². The van der Waals surface area contributed by atoms with E-state index in [1.165, 1.54) is 5.56 Å². The summed E-state index contributed by atoms with van der Waals surface area (Å²) in [4.78, 5) is 12.3. The zero-order valence-corrected chi connectivity index (χ0v) is 15.7. The maximum absolute atomic E-state index is 12.0. The molecule has 0 aliphatic rings. The van der Waals surface area contributed by atoms with Gasteiger partial charge in [0.05, 0.1) is 10.9 Å². The van der Waals surface area contributed by atoms with E-state index in [9.17, 15) is 13.2 Å². The molecule has 0 aliphatic heterocycles. The minimum absolute atomic E-state index is 0.0751. The molecule has 25 heavy (non-hydrogen) atoms. The topological polar surface area (TPSA) is 72.5 Å². The SMILES string of the molecule is Cc1ccc(OCC(=O)N[C@H](C)c2ccc(S(C)(=O)=O)cc2)cc1C. The normalized spacial score (nSPS) is 12.5. The second kappa shape index (κ2) is 7.70. The summed E-state index contributed by atoms with van der Waals surface area (Å²) in [6.45, 7) is 5.77. The monoisotopic (exact) mass is 361 g/mol. The Kier molecular flexibility index (Phi) is 5.85. The molecule has 134 valence electrons. The van der Waals surface area contributed by atoms with Crippen molar-refractivity contribution in [3.8, 4) is 5.75 Å². The Hall–Kier alpha value is -2.34. The lowest BCUT2D eigenvalue weighted by Gasteiger charge is -2.15. The van der Waals surface area contributed by atoms with E-state index in [1.807, 2.05) is 39.0 Å². The van der Waals surface area contributed by atoms with Crippen LogP contribution in [0.2, 0.25) is 0 Å². The van der Waals surface area contributed by atoms with Crippen LogP contribution in [-0.4, -0.2) is 27.2 Å². The van der Waals surface area contributed by atoms with Gasteiger partial charge in [-0.2, -0.15) is 0 Å². The van der Waals surface area contributed by atoms with E-state index in [0.717, 1.165) is 17.4 Å². The molecule has 2 rings (SSSR count). The molecule has 0 unspecified atom stereocenters. The third-order valence-electron chi connectivity index (χ3n) is 4.03. The molecule has 0 fully saturated rings. The summed E-state index contributed by atoms with van der Waals surface area (Å²) in [6.07, 6.45) is 1.16. The highest BCUT2D eigenvalue weighted by molar-refractivity contribution is 7.90. The zero-order valence-electron chi connectivity index (χ0n) is 14.9. The Labute approximate surface area is 148 Å². The molecule has 0 saturated carbocycles. The fraction of sp³-hybridized carbons (Fsp3) is 0.316. The number of benzene rings is 2. The van der Waals surface area contributed by atoms with Gasteiger partial charge in [-0.1, -0.05) is 18.2 Å². The number of rotatable bonds is 6. The van der Waals surface area contributed by atoms with Crippen molar-refractivity contribution in [3.05, 3.63) is 59.2 Å². The quantitative estimate of drug-likeness (QED) is 0.858. The van der Waals surface area contributed by atoms with Gasteiger partial charge in [-0.25, -0.2) is 8.42 Å². The fourth-order valence-electron chi connectivity index (χ4n) is 2.32. The Morgan fingerprint density at radius 3 is 2.28 bits per heavy atom. The molecular weight excluding hydrogens is 338 g/mol. The predicted octanol–water partition coefficient (Wildman–Crippen LogP) is 2.96. The molecule has 5 nitrogen and oxygen atoms in total. The van der Waals surface area contributed by atoms with Crippen LogP contribution >= 0.6 is 0 Å². The highest BCUT2D eigenvalue weighted by Crippen LogP contribution is 2.18. The van der Waals surface area contributed by atoms with Gasteiger partial charge in [-0.3, -0.25) is 4.79 Å². The van der Waals surface area contributed by atoms with E-state index in [4.69, 9.17) is 4.74 Å². The highest BCUT2D eigenvalue weighted by atomic mass is 32.2. The first kappa shape index (κ1) is 19.0. The van der Waals surface area contributed by atoms with Gasteiger partial charge in [0.2, 0.25) is 0 Å². The molecular formula is C19H23NO4S. The summed E-state index contributed by atoms with van der Waals surface area (Å²) in [5.41, 5.74) is 3.10. The Morgan fingerprint density at radius 1 is 1.08 bits per heavy atom. The first-order valence-corrected chi connectivity index (χ1v) is 9.85. The molecule has 0 heterocycles. The number of amides is 1. The molecule has 1 amide bonds. The first-order valence-electron chi connectivity index (χ1n) is 7.96. The molecule has 6 heteroatoms. The Bertz CT molecular complexity index is 857. The third kappa shape index (κ3) is 5.32. The molecule has 0 aliphatic carbocycles. The van der Waals surface area contributed by atoms with Crippen molar-refractivity contribution in [2.45, 2.75) is 31.7 Å². The average molecular weight is 361 g/mol. The van der Waals surface area contributed by atoms with E-state index in [-0.39, 0.29) is 23.5 Å². The van der Waals surface area contributed by atoms with Crippen LogP contribution in [0, 0.1) is 13.8 Å². The van der Waals surface area contributed by atoms with Gasteiger partial charge in [0.15, 0.2) is 16.4 Å². The summed E-state index contributed by atoms with van der Waals surface area (Å²) in [7, 11) is -3.22. The molecule has 0 bridgehead atoms. The molecule has 2 aromatic rings. The highest BCUT2D eigenvalue weighted by Gasteiger charge is 2.12. The minimum atomic E-state index is -3.22. The third-order valence-corrected chi connectivity index (χ3v) is 5.16. The van der Waals surface area contributed by atoms with E-state index < -0.39 is 9.84 Å². The van der Waals surface area contributed by atoms with Gasteiger partial charge in [0.25, 0.3) is 5.91 Å². The number of sulfone groups is 1. The summed E-state index contributed by atoms with van der Waals surface area (Å²) in [5, 5.41) is 2.84. The summed E-state index contributed by atoms with van der Waals surface area (Å²) in [5.74, 6) is 0.418. The van der Waals surface area contributed by atoms with Gasteiger partial charge < -0.3 is 10.1 Å². The second-order valence-corrected chi connectivity index (χ2v) is 8.18. The van der Waals surface area contributed by atoms with Gasteiger partial charge >= 0.3 is 0 Å². The van der Waals surface area contributed by atoms with Crippen molar-refractivity contribution in [1.29, 1.82) is 0 Å². The van der Waals surface area contributed by atoms with Crippen LogP contribution in [0.3, 0.4) is 0 Å². The van der Waals surface area contributed by atoms with E-state index in [2.05, 4.69) is 5.32 Å². The number of ether oxygens (including phenoxy) is 1. The second-order valence-electron chi connectivity index (χ2n) is 6.17. The maximum Gasteiger partial charge on any atom is 0.258 e. The van der Waals surface area contributed by atoms with Gasteiger partial charge in [0, 0.05) is 6.26 Å². The fourth-order valence-corrected chi connectivity index (χ4v) is 2.95. The molecule has 0 aromatic heterocycles. The smallest absolute Gasteiger partial charge is 0.258 e. The first-order chi connectivity index (χ1) is 11.7. The van der Waals surface area contributed by atoms with Crippen molar-refractivity contribution in [3.63, 3.8) is 0 Å². The van der Waals surface area contributed by atoms with Gasteiger partial charge in [-0.05, 0) is 61.7 Å². The Balaban J connectivity index is 1.92. The van der Waals surface area contributed by atoms with E-state index in [1.54, 1.807) is 24.3 Å². The minimum Gasteiger partial charge on any atom is -0.484 e. The van der Waals surface area contributed by atoms with Crippen LogP contribution in [0.1, 0.15) is 29.7 Å². The number of nitrogens with one attached hydrogen (secondary N) is 1. The summed E-state index contributed by atoms with van der Waals surface area (Å²) in [6, 6.07) is 11.9. The number of aryl methyl sites for hydroxylation is 2. The largest absolute Gasteiger partial charge is 0.484 e. The number of carbonyl (C=O) groups excluding carboxylic acids is 1. The van der Waals surface area contributed by atoms with Crippen molar-refractivity contribution in [2.75, 3.05) is 12.9 Å². The molecule has 1 atom stereocenters. The number of hydrogen-bond acceptors (Lipinski definition) is 4. The molecule has 1 N–H and O–H groups in total. The Morgan fingerprint density at radius 2 is 1.72 bits per heavy atom. The lowest BCUT2D eigenvalue weighted by molar-refractivity contribution is -0.123. The molecule has 0 spiro atoms. The lowest BCUT2D eigenvalue weighted by Crippen LogP contribution is -2.31. The summed E-state index contributed by atoms with van der Waals surface area (Å²) < 4.78 is 28.5. The van der Waals surface area contributed by atoms with Gasteiger partial charge in [-0.15, -0.1) is 0 Å². The molecule has 0 saturated heterocycles. The predicted molar refractivity (Wildman–Crippen MR) is 97.5 cm³/mol. The van der Waals surface area contributed by atoms with Crippen LogP contribution in [-0.2, 0) is 14.6 Å². The van der Waals surface area contributed by atoms with Crippen molar-refractivity contribution in [2.24, 2.45) is 0 Å². The zero-order chi connectivity index (χ0) is 18.6. The van der Waals surface area contributed by atoms with Crippen LogP contribution in [0.25, 0.3) is 0 Å². The average Bonchev–Trinajstić information content (AvgIpc) is 2.55. The van der Waals surface area contributed by atoms with E-state index >= 15 is 0 Å². The van der Waals surface area contributed by atoms with Crippen LogP contribution in [0.5, 0.6) is 5.75 Å². The standard InChI is InChI=1S/C19H23NO4S/c1-13-5-8-17(11-14(13)2)24-12-19(21)20-15(3)16-6-9-18(10-7-16)25(4,22)23/h5-11,15H,12H2,1-4H3,(H,20,21)/t15-/m1/s1. The van der Waals surface area contributed by atoms with E-state index in [0.29, 0.717) is 5.75 Å². The molecule has 0 radical (unpaired) electrons.